The molecule has 26 heavy (non-hydrogen) atoms. The van der Waals surface area contributed by atoms with Crippen molar-refractivity contribution in [3.05, 3.63) is 71.5 Å². The number of nitrogens with one attached hydrogen (secondary N) is 1. The van der Waals surface area contributed by atoms with Crippen LogP contribution in [-0.4, -0.2) is 28.4 Å². The van der Waals surface area contributed by atoms with Crippen molar-refractivity contribution >= 4 is 22.9 Å². The van der Waals surface area contributed by atoms with E-state index in [4.69, 9.17) is 4.74 Å². The molecule has 132 valence electrons. The van der Waals surface area contributed by atoms with Crippen LogP contribution in [0, 0.1) is 6.92 Å². The number of carbonyl (C=O) groups excluding carboxylic acids is 2. The molecule has 0 saturated heterocycles. The number of carbonyl (C=O) groups is 2. The van der Waals surface area contributed by atoms with Gasteiger partial charge < -0.3 is 10.1 Å². The summed E-state index contributed by atoms with van der Waals surface area (Å²) in [5.74, 6) is -0.740. The average Bonchev–Trinajstić information content (AvgIpc) is 2.65. The molecule has 1 heterocycles. The summed E-state index contributed by atoms with van der Waals surface area (Å²) in [6, 6.07) is 16.9. The predicted octanol–water partition coefficient (Wildman–Crippen LogP) is 2.34. The Morgan fingerprint density at radius 1 is 0.962 bits per heavy atom. The van der Waals surface area contributed by atoms with E-state index >= 15 is 0 Å². The van der Waals surface area contributed by atoms with Crippen LogP contribution in [-0.2, 0) is 27.4 Å². The average molecular weight is 349 g/mol. The minimum absolute atomic E-state index is 0.0249. The number of aromatic nitrogens is 2. The molecule has 0 spiro atoms. The van der Waals surface area contributed by atoms with Crippen LogP contribution < -0.4 is 5.32 Å². The predicted molar refractivity (Wildman–Crippen MR) is 97.2 cm³/mol. The van der Waals surface area contributed by atoms with Gasteiger partial charge in [-0.1, -0.05) is 42.5 Å². The SMILES string of the molecule is Cc1nc2ccccc2nc1COC(=O)CNC(=O)Cc1ccccc1. The minimum atomic E-state index is -0.513. The van der Waals surface area contributed by atoms with Crippen LogP contribution in [0.2, 0.25) is 0 Å². The highest BCUT2D eigenvalue weighted by Crippen LogP contribution is 2.12. The van der Waals surface area contributed by atoms with Crippen molar-refractivity contribution in [3.8, 4) is 0 Å². The van der Waals surface area contributed by atoms with Gasteiger partial charge >= 0.3 is 5.97 Å². The molecule has 0 bridgehead atoms. The normalized spacial score (nSPS) is 10.5. The van der Waals surface area contributed by atoms with Gasteiger partial charge in [0.05, 0.1) is 28.8 Å². The van der Waals surface area contributed by atoms with Gasteiger partial charge in [-0.25, -0.2) is 9.97 Å². The Morgan fingerprint density at radius 2 is 1.62 bits per heavy atom. The fourth-order valence-corrected chi connectivity index (χ4v) is 2.48. The molecule has 3 aromatic rings. The molecule has 2 aromatic carbocycles. The summed E-state index contributed by atoms with van der Waals surface area (Å²) < 4.78 is 5.20. The molecule has 1 amide bonds. The van der Waals surface area contributed by atoms with Gasteiger partial charge in [-0.2, -0.15) is 0 Å². The zero-order valence-corrected chi connectivity index (χ0v) is 14.4. The lowest BCUT2D eigenvalue weighted by molar-refractivity contribution is -0.145. The summed E-state index contributed by atoms with van der Waals surface area (Å²) in [6.07, 6.45) is 0.226. The van der Waals surface area contributed by atoms with Crippen molar-refractivity contribution in [3.63, 3.8) is 0 Å². The molecule has 0 atom stereocenters. The van der Waals surface area contributed by atoms with E-state index in [1.165, 1.54) is 0 Å². The molecule has 0 aliphatic carbocycles. The first kappa shape index (κ1) is 17.5. The van der Waals surface area contributed by atoms with E-state index in [-0.39, 0.29) is 25.5 Å². The molecule has 0 saturated carbocycles. The maximum Gasteiger partial charge on any atom is 0.325 e. The third-order valence-corrected chi connectivity index (χ3v) is 3.85. The van der Waals surface area contributed by atoms with Crippen LogP contribution >= 0.6 is 0 Å². The van der Waals surface area contributed by atoms with Gasteiger partial charge in [-0.3, -0.25) is 9.59 Å². The van der Waals surface area contributed by atoms with Gasteiger partial charge in [-0.05, 0) is 24.6 Å². The van der Waals surface area contributed by atoms with Crippen molar-refractivity contribution in [2.45, 2.75) is 20.0 Å². The maximum absolute atomic E-state index is 11.9. The van der Waals surface area contributed by atoms with E-state index in [0.29, 0.717) is 11.4 Å². The number of hydrogen-bond donors (Lipinski definition) is 1. The first-order chi connectivity index (χ1) is 12.6. The van der Waals surface area contributed by atoms with E-state index in [1.807, 2.05) is 61.5 Å². The summed E-state index contributed by atoms with van der Waals surface area (Å²) in [4.78, 5) is 32.6. The second kappa shape index (κ2) is 8.20. The topological polar surface area (TPSA) is 81.2 Å². The summed E-state index contributed by atoms with van der Waals surface area (Å²) in [5.41, 5.74) is 3.76. The Kier molecular flexibility index (Phi) is 5.53. The van der Waals surface area contributed by atoms with Crippen LogP contribution in [0.5, 0.6) is 0 Å². The van der Waals surface area contributed by atoms with Gasteiger partial charge in [-0.15, -0.1) is 0 Å². The van der Waals surface area contributed by atoms with Gasteiger partial charge in [0.25, 0.3) is 0 Å². The summed E-state index contributed by atoms with van der Waals surface area (Å²) >= 11 is 0. The molecule has 6 heteroatoms. The number of amides is 1. The summed E-state index contributed by atoms with van der Waals surface area (Å²) in [7, 11) is 0. The first-order valence-corrected chi connectivity index (χ1v) is 8.30. The Balaban J connectivity index is 1.49. The van der Waals surface area contributed by atoms with Gasteiger partial charge in [0.2, 0.25) is 5.91 Å². The third-order valence-electron chi connectivity index (χ3n) is 3.85. The summed E-state index contributed by atoms with van der Waals surface area (Å²) in [5, 5.41) is 2.56. The second-order valence-corrected chi connectivity index (χ2v) is 5.84. The van der Waals surface area contributed by atoms with Gasteiger partial charge in [0, 0.05) is 0 Å². The Labute approximate surface area is 151 Å². The Bertz CT molecular complexity index is 926. The molecule has 0 aliphatic rings. The molecule has 0 radical (unpaired) electrons. The number of benzene rings is 2. The van der Waals surface area contributed by atoms with Crippen LogP contribution in [0.25, 0.3) is 11.0 Å². The lowest BCUT2D eigenvalue weighted by Gasteiger charge is -2.09. The zero-order valence-electron chi connectivity index (χ0n) is 14.4. The van der Waals surface area contributed by atoms with E-state index in [2.05, 4.69) is 15.3 Å². The van der Waals surface area contributed by atoms with E-state index in [9.17, 15) is 9.59 Å². The molecule has 6 nitrogen and oxygen atoms in total. The van der Waals surface area contributed by atoms with Crippen molar-refractivity contribution in [1.29, 1.82) is 0 Å². The van der Waals surface area contributed by atoms with Crippen molar-refractivity contribution in [2.24, 2.45) is 0 Å². The molecule has 0 unspecified atom stereocenters. The maximum atomic E-state index is 11.9. The molecule has 1 aromatic heterocycles. The minimum Gasteiger partial charge on any atom is -0.458 e. The lowest BCUT2D eigenvalue weighted by Crippen LogP contribution is -2.31. The highest BCUT2D eigenvalue weighted by molar-refractivity contribution is 5.83. The molecular weight excluding hydrogens is 330 g/mol. The number of esters is 1. The lowest BCUT2D eigenvalue weighted by atomic mass is 10.1. The van der Waals surface area contributed by atoms with E-state index in [0.717, 1.165) is 16.6 Å². The number of nitrogens with zero attached hydrogens (tertiary/aromatic N) is 2. The fraction of sp³-hybridized carbons (Fsp3) is 0.200. The quantitative estimate of drug-likeness (QED) is 0.691. The second-order valence-electron chi connectivity index (χ2n) is 5.84. The molecule has 1 N–H and O–H groups in total. The number of hydrogen-bond acceptors (Lipinski definition) is 5. The van der Waals surface area contributed by atoms with Gasteiger partial charge in [0.15, 0.2) is 0 Å². The third kappa shape index (κ3) is 4.63. The summed E-state index contributed by atoms with van der Waals surface area (Å²) in [6.45, 7) is 1.67. The van der Waals surface area contributed by atoms with E-state index in [1.54, 1.807) is 0 Å². The fourth-order valence-electron chi connectivity index (χ4n) is 2.48. The Morgan fingerprint density at radius 3 is 2.35 bits per heavy atom. The molecular formula is C20H19N3O3. The van der Waals surface area contributed by atoms with Crippen molar-refractivity contribution < 1.29 is 14.3 Å². The number of fused-ring (bicyclic) bond motifs is 1. The smallest absolute Gasteiger partial charge is 0.325 e. The molecule has 0 aliphatic heterocycles. The largest absolute Gasteiger partial charge is 0.458 e. The zero-order chi connectivity index (χ0) is 18.4. The van der Waals surface area contributed by atoms with Crippen LogP contribution in [0.4, 0.5) is 0 Å². The molecule has 3 rings (SSSR count). The molecule has 0 fully saturated rings. The number of aryl methyl sites for hydroxylation is 1. The van der Waals surface area contributed by atoms with Crippen molar-refractivity contribution in [2.75, 3.05) is 6.54 Å². The number of rotatable bonds is 6. The number of para-hydroxylation sites is 2. The van der Waals surface area contributed by atoms with Crippen LogP contribution in [0.15, 0.2) is 54.6 Å². The van der Waals surface area contributed by atoms with Gasteiger partial charge in [0.1, 0.15) is 13.2 Å². The highest BCUT2D eigenvalue weighted by atomic mass is 16.5. The van der Waals surface area contributed by atoms with E-state index < -0.39 is 5.97 Å². The monoisotopic (exact) mass is 349 g/mol. The van der Waals surface area contributed by atoms with Crippen LogP contribution in [0.1, 0.15) is 17.0 Å². The first-order valence-electron chi connectivity index (χ1n) is 8.30. The Hall–Kier alpha value is -3.28. The van der Waals surface area contributed by atoms with Crippen LogP contribution in [0.3, 0.4) is 0 Å². The highest BCUT2D eigenvalue weighted by Gasteiger charge is 2.10. The standard InChI is InChI=1S/C20H19N3O3/c1-14-18(23-17-10-6-5-9-16(17)22-14)13-26-20(25)12-21-19(24)11-15-7-3-2-4-8-15/h2-10H,11-13H2,1H3,(H,21,24). The van der Waals surface area contributed by atoms with Crippen molar-refractivity contribution in [1.82, 2.24) is 15.3 Å². The number of ether oxygens (including phenoxy) is 1.